The van der Waals surface area contributed by atoms with Gasteiger partial charge in [-0.3, -0.25) is 9.59 Å². The van der Waals surface area contributed by atoms with Crippen LogP contribution in [0.15, 0.2) is 18.2 Å². The van der Waals surface area contributed by atoms with Gasteiger partial charge in [0, 0.05) is 31.2 Å². The summed E-state index contributed by atoms with van der Waals surface area (Å²) in [4.78, 5) is 29.6. The number of nitrogens with one attached hydrogen (secondary N) is 1. The third kappa shape index (κ3) is 5.09. The zero-order chi connectivity index (χ0) is 18.6. The van der Waals surface area contributed by atoms with Gasteiger partial charge in [-0.15, -0.1) is 0 Å². The molecule has 1 fully saturated rings. The second-order valence-electron chi connectivity index (χ2n) is 6.58. The predicted octanol–water partition coefficient (Wildman–Crippen LogP) is 2.91. The Morgan fingerprint density at radius 2 is 1.80 bits per heavy atom. The van der Waals surface area contributed by atoms with Crippen molar-refractivity contribution in [3.05, 3.63) is 33.8 Å². The van der Waals surface area contributed by atoms with Crippen LogP contribution in [0.5, 0.6) is 0 Å². The molecule has 0 saturated carbocycles. The Morgan fingerprint density at radius 1 is 1.16 bits per heavy atom. The number of amides is 2. The van der Waals surface area contributed by atoms with E-state index in [2.05, 4.69) is 17.1 Å². The lowest BCUT2D eigenvalue weighted by Gasteiger charge is -2.36. The van der Waals surface area contributed by atoms with Crippen LogP contribution >= 0.6 is 23.2 Å². The van der Waals surface area contributed by atoms with Gasteiger partial charge in [0.05, 0.1) is 10.6 Å². The highest BCUT2D eigenvalue weighted by Gasteiger charge is 2.31. The number of carbonyl (C=O) groups is 2. The van der Waals surface area contributed by atoms with E-state index < -0.39 is 6.04 Å². The Kier molecular flexibility index (Phi) is 7.11. The van der Waals surface area contributed by atoms with Gasteiger partial charge in [0.25, 0.3) is 5.91 Å². The molecule has 2 rings (SSSR count). The molecular formula is C18H25Cl2N3O2. The van der Waals surface area contributed by atoms with Crippen molar-refractivity contribution >= 4 is 35.0 Å². The van der Waals surface area contributed by atoms with Gasteiger partial charge in [0.2, 0.25) is 5.91 Å². The van der Waals surface area contributed by atoms with Crippen LogP contribution in [0.1, 0.15) is 31.1 Å². The zero-order valence-corrected chi connectivity index (χ0v) is 16.4. The van der Waals surface area contributed by atoms with Crippen molar-refractivity contribution in [1.82, 2.24) is 15.1 Å². The van der Waals surface area contributed by atoms with Gasteiger partial charge in [-0.25, -0.2) is 0 Å². The number of hydrogen-bond donors (Lipinski definition) is 1. The fraction of sp³-hybridized carbons (Fsp3) is 0.556. The van der Waals surface area contributed by atoms with Gasteiger partial charge in [-0.1, -0.05) is 44.0 Å². The standard InChI is InChI=1S/C18H25Cl2N3O2/c1-4-22-7-9-23(10-8-22)18(25)16(12(2)3)21-17(24)14-6-5-13(19)11-15(14)20/h5-6,11-12,16H,4,7-10H2,1-3H3,(H,21,24). The van der Waals surface area contributed by atoms with Crippen molar-refractivity contribution in [1.29, 1.82) is 0 Å². The Morgan fingerprint density at radius 3 is 2.32 bits per heavy atom. The smallest absolute Gasteiger partial charge is 0.253 e. The third-order valence-electron chi connectivity index (χ3n) is 4.53. The van der Waals surface area contributed by atoms with Gasteiger partial charge in [0.1, 0.15) is 6.04 Å². The van der Waals surface area contributed by atoms with Gasteiger partial charge >= 0.3 is 0 Å². The Bertz CT molecular complexity index is 629. The molecule has 1 aromatic rings. The van der Waals surface area contributed by atoms with Crippen molar-refractivity contribution in [3.63, 3.8) is 0 Å². The second kappa shape index (κ2) is 8.88. The number of benzene rings is 1. The fourth-order valence-electron chi connectivity index (χ4n) is 2.89. The molecule has 138 valence electrons. The Labute approximate surface area is 159 Å². The molecule has 7 heteroatoms. The molecule has 0 aliphatic carbocycles. The number of hydrogen-bond acceptors (Lipinski definition) is 3. The molecule has 25 heavy (non-hydrogen) atoms. The molecule has 2 amide bonds. The van der Waals surface area contributed by atoms with Crippen LogP contribution in [0.25, 0.3) is 0 Å². The van der Waals surface area contributed by atoms with Crippen LogP contribution in [0.4, 0.5) is 0 Å². The van der Waals surface area contributed by atoms with Crippen LogP contribution in [0, 0.1) is 5.92 Å². The summed E-state index contributed by atoms with van der Waals surface area (Å²) in [5.41, 5.74) is 0.320. The molecule has 5 nitrogen and oxygen atoms in total. The molecule has 1 atom stereocenters. The molecule has 1 aromatic carbocycles. The van der Waals surface area contributed by atoms with E-state index in [0.29, 0.717) is 23.7 Å². The second-order valence-corrected chi connectivity index (χ2v) is 7.42. The SMILES string of the molecule is CCN1CCN(C(=O)C(NC(=O)c2ccc(Cl)cc2Cl)C(C)C)CC1. The molecule has 0 spiro atoms. The van der Waals surface area contributed by atoms with Crippen LogP contribution in [0.2, 0.25) is 10.0 Å². The van der Waals surface area contributed by atoms with E-state index in [1.54, 1.807) is 12.1 Å². The summed E-state index contributed by atoms with van der Waals surface area (Å²) in [6.45, 7) is 10.1. The van der Waals surface area contributed by atoms with E-state index in [-0.39, 0.29) is 22.8 Å². The van der Waals surface area contributed by atoms with E-state index in [4.69, 9.17) is 23.2 Å². The number of halogens is 2. The molecule has 1 aliphatic rings. The van der Waals surface area contributed by atoms with Crippen molar-refractivity contribution in [3.8, 4) is 0 Å². The monoisotopic (exact) mass is 385 g/mol. The summed E-state index contributed by atoms with van der Waals surface area (Å²) in [6.07, 6.45) is 0. The summed E-state index contributed by atoms with van der Waals surface area (Å²) in [5.74, 6) is -0.420. The molecule has 1 aliphatic heterocycles. The van der Waals surface area contributed by atoms with E-state index in [1.165, 1.54) is 6.07 Å². The molecule has 0 radical (unpaired) electrons. The zero-order valence-electron chi connectivity index (χ0n) is 14.9. The first-order chi connectivity index (χ1) is 11.8. The van der Waals surface area contributed by atoms with Crippen molar-refractivity contribution in [2.24, 2.45) is 5.92 Å². The quantitative estimate of drug-likeness (QED) is 0.847. The van der Waals surface area contributed by atoms with E-state index in [9.17, 15) is 9.59 Å². The van der Waals surface area contributed by atoms with Crippen LogP contribution in [-0.4, -0.2) is 60.4 Å². The first-order valence-electron chi connectivity index (χ1n) is 8.60. The average Bonchev–Trinajstić information content (AvgIpc) is 2.58. The molecule has 0 bridgehead atoms. The summed E-state index contributed by atoms with van der Waals surface area (Å²) in [6, 6.07) is 4.13. The first kappa shape index (κ1) is 20.0. The molecule has 1 saturated heterocycles. The Balaban J connectivity index is 2.07. The average molecular weight is 386 g/mol. The number of likely N-dealkylation sites (N-methyl/N-ethyl adjacent to an activating group) is 1. The summed E-state index contributed by atoms with van der Waals surface area (Å²) >= 11 is 12.0. The largest absolute Gasteiger partial charge is 0.340 e. The van der Waals surface area contributed by atoms with E-state index in [0.717, 1.165) is 19.6 Å². The van der Waals surface area contributed by atoms with Crippen LogP contribution < -0.4 is 5.32 Å². The lowest BCUT2D eigenvalue weighted by atomic mass is 10.0. The predicted molar refractivity (Wildman–Crippen MR) is 101 cm³/mol. The number of rotatable bonds is 5. The van der Waals surface area contributed by atoms with Gasteiger partial charge in [-0.2, -0.15) is 0 Å². The van der Waals surface area contributed by atoms with Crippen molar-refractivity contribution in [2.75, 3.05) is 32.7 Å². The van der Waals surface area contributed by atoms with E-state index in [1.807, 2.05) is 18.7 Å². The number of nitrogens with zero attached hydrogens (tertiary/aromatic N) is 2. The highest BCUT2D eigenvalue weighted by atomic mass is 35.5. The number of piperazine rings is 1. The maximum absolute atomic E-state index is 12.9. The van der Waals surface area contributed by atoms with Gasteiger partial charge < -0.3 is 15.1 Å². The first-order valence-corrected chi connectivity index (χ1v) is 9.36. The minimum atomic E-state index is -0.576. The van der Waals surface area contributed by atoms with Crippen molar-refractivity contribution < 1.29 is 9.59 Å². The maximum Gasteiger partial charge on any atom is 0.253 e. The normalized spacial score (nSPS) is 16.8. The number of carbonyl (C=O) groups excluding carboxylic acids is 2. The topological polar surface area (TPSA) is 52.6 Å². The molecule has 0 aromatic heterocycles. The maximum atomic E-state index is 12.9. The third-order valence-corrected chi connectivity index (χ3v) is 5.07. The summed E-state index contributed by atoms with van der Waals surface area (Å²) < 4.78 is 0. The minimum absolute atomic E-state index is 0.0215. The lowest BCUT2D eigenvalue weighted by molar-refractivity contribution is -0.136. The van der Waals surface area contributed by atoms with Crippen LogP contribution in [0.3, 0.4) is 0 Å². The Hall–Kier alpha value is -1.30. The molecule has 1 N–H and O–H groups in total. The summed E-state index contributed by atoms with van der Waals surface area (Å²) in [5, 5.41) is 3.58. The molecule has 1 heterocycles. The fourth-order valence-corrected chi connectivity index (χ4v) is 3.38. The molecular weight excluding hydrogens is 361 g/mol. The van der Waals surface area contributed by atoms with Gasteiger partial charge in [0.15, 0.2) is 0 Å². The molecule has 1 unspecified atom stereocenters. The van der Waals surface area contributed by atoms with Crippen molar-refractivity contribution in [2.45, 2.75) is 26.8 Å². The lowest BCUT2D eigenvalue weighted by Crippen LogP contribution is -2.56. The highest BCUT2D eigenvalue weighted by molar-refractivity contribution is 6.36. The summed E-state index contributed by atoms with van der Waals surface area (Å²) in [7, 11) is 0. The van der Waals surface area contributed by atoms with Crippen LogP contribution in [-0.2, 0) is 4.79 Å². The van der Waals surface area contributed by atoms with E-state index >= 15 is 0 Å². The highest BCUT2D eigenvalue weighted by Crippen LogP contribution is 2.21. The minimum Gasteiger partial charge on any atom is -0.340 e. The van der Waals surface area contributed by atoms with Gasteiger partial charge in [-0.05, 0) is 30.7 Å².